The Bertz CT molecular complexity index is 625. The molecule has 112 valence electrons. The Balaban J connectivity index is 1.65. The maximum atomic E-state index is 12.1. The number of aryl methyl sites for hydroxylation is 2. The van der Waals surface area contributed by atoms with Gasteiger partial charge in [0.2, 0.25) is 11.0 Å². The summed E-state index contributed by atoms with van der Waals surface area (Å²) in [6.45, 7) is 2.39. The first kappa shape index (κ1) is 14.6. The highest BCUT2D eigenvalue weighted by molar-refractivity contribution is 7.13. The summed E-state index contributed by atoms with van der Waals surface area (Å²) < 4.78 is 0. The van der Waals surface area contributed by atoms with E-state index >= 15 is 0 Å². The third kappa shape index (κ3) is 3.28. The van der Waals surface area contributed by atoms with Crippen LogP contribution in [0.15, 0.2) is 5.51 Å². The van der Waals surface area contributed by atoms with Crippen LogP contribution in [0, 0.1) is 6.92 Å². The molecule has 1 atom stereocenters. The second-order valence-corrected chi connectivity index (χ2v) is 7.23. The topological polar surface area (TPSA) is 71.0 Å². The molecule has 0 unspecified atom stereocenters. The highest BCUT2D eigenvalue weighted by Gasteiger charge is 2.28. The molecule has 0 saturated carbocycles. The normalized spacial score (nSPS) is 17.8. The molecule has 0 spiro atoms. The first-order valence-electron chi connectivity index (χ1n) is 6.86. The molecule has 2 heterocycles. The lowest BCUT2D eigenvalue weighted by Gasteiger charge is -2.29. The quantitative estimate of drug-likeness (QED) is 0.934. The second kappa shape index (κ2) is 6.17. The molecule has 6 nitrogen and oxygen atoms in total. The average Bonchev–Trinajstić information content (AvgIpc) is 3.05. The molecule has 0 fully saturated rings. The van der Waals surface area contributed by atoms with Gasteiger partial charge in [0.05, 0.1) is 17.2 Å². The molecule has 21 heavy (non-hydrogen) atoms. The van der Waals surface area contributed by atoms with E-state index < -0.39 is 0 Å². The number of amides is 1. The highest BCUT2D eigenvalue weighted by Crippen LogP contribution is 2.37. The molecule has 0 radical (unpaired) electrons. The van der Waals surface area contributed by atoms with E-state index in [0.29, 0.717) is 17.7 Å². The smallest absolute Gasteiger partial charge is 0.240 e. The minimum atomic E-state index is -0.0531. The molecule has 0 aliphatic heterocycles. The molecule has 0 saturated heterocycles. The minimum absolute atomic E-state index is 0.0531. The fraction of sp³-hybridized carbons (Fsp3) is 0.538. The molecule has 1 N–H and O–H groups in total. The van der Waals surface area contributed by atoms with Crippen LogP contribution in [0.25, 0.3) is 0 Å². The molecule has 2 aromatic rings. The maximum absolute atomic E-state index is 12.1. The van der Waals surface area contributed by atoms with Gasteiger partial charge in [0.25, 0.3) is 0 Å². The number of hydrogen-bond acceptors (Lipinski definition) is 7. The Kier molecular flexibility index (Phi) is 4.27. The molecule has 0 aromatic carbocycles. The standard InChI is InChI=1S/C13H17N5OS2/c1-8-15-9-4-3-5-10(12(9)21-8)18(2)6-11(19)16-13-17-14-7-20-13/h7,10H,3-6H2,1-2H3,(H,16,17,19)/t10-/m1/s1. The summed E-state index contributed by atoms with van der Waals surface area (Å²) >= 11 is 3.08. The summed E-state index contributed by atoms with van der Waals surface area (Å²) in [5.74, 6) is -0.0531. The number of anilines is 1. The number of likely N-dealkylation sites (N-methyl/N-ethyl adjacent to an activating group) is 1. The molecular formula is C13H17N5OS2. The monoisotopic (exact) mass is 323 g/mol. The Morgan fingerprint density at radius 3 is 3.19 bits per heavy atom. The summed E-state index contributed by atoms with van der Waals surface area (Å²) in [7, 11) is 1.99. The Labute approximate surface area is 131 Å². The maximum Gasteiger partial charge on any atom is 0.240 e. The molecule has 2 aromatic heterocycles. The number of carbonyl (C=O) groups is 1. The molecule has 1 aliphatic carbocycles. The van der Waals surface area contributed by atoms with Crippen molar-refractivity contribution in [2.45, 2.75) is 32.2 Å². The lowest BCUT2D eigenvalue weighted by molar-refractivity contribution is -0.117. The van der Waals surface area contributed by atoms with Crippen LogP contribution in [0.1, 0.15) is 34.5 Å². The van der Waals surface area contributed by atoms with E-state index in [-0.39, 0.29) is 5.91 Å². The Morgan fingerprint density at radius 2 is 2.43 bits per heavy atom. The average molecular weight is 323 g/mol. The molecule has 1 amide bonds. The summed E-state index contributed by atoms with van der Waals surface area (Å²) in [5.41, 5.74) is 2.82. The van der Waals surface area contributed by atoms with E-state index in [0.717, 1.165) is 24.3 Å². The minimum Gasteiger partial charge on any atom is -0.299 e. The van der Waals surface area contributed by atoms with Crippen molar-refractivity contribution in [2.24, 2.45) is 0 Å². The van der Waals surface area contributed by atoms with Crippen molar-refractivity contribution in [3.8, 4) is 0 Å². The van der Waals surface area contributed by atoms with E-state index in [1.54, 1.807) is 16.8 Å². The van der Waals surface area contributed by atoms with E-state index in [9.17, 15) is 4.79 Å². The third-order valence-corrected chi connectivity index (χ3v) is 5.28. The van der Waals surface area contributed by atoms with Crippen LogP contribution in [-0.2, 0) is 11.2 Å². The van der Waals surface area contributed by atoms with Crippen molar-refractivity contribution >= 4 is 33.7 Å². The fourth-order valence-electron chi connectivity index (χ4n) is 2.66. The van der Waals surface area contributed by atoms with Crippen LogP contribution in [0.5, 0.6) is 0 Å². The van der Waals surface area contributed by atoms with E-state index in [2.05, 4.69) is 25.4 Å². The van der Waals surface area contributed by atoms with E-state index in [4.69, 9.17) is 0 Å². The Morgan fingerprint density at radius 1 is 1.57 bits per heavy atom. The van der Waals surface area contributed by atoms with E-state index in [1.165, 1.54) is 21.9 Å². The second-order valence-electron chi connectivity index (χ2n) is 5.16. The van der Waals surface area contributed by atoms with Gasteiger partial charge >= 0.3 is 0 Å². The van der Waals surface area contributed by atoms with Crippen LogP contribution in [-0.4, -0.2) is 39.6 Å². The summed E-state index contributed by atoms with van der Waals surface area (Å²) in [6.07, 6.45) is 3.27. The first-order chi connectivity index (χ1) is 10.1. The van der Waals surface area contributed by atoms with Crippen LogP contribution < -0.4 is 5.32 Å². The van der Waals surface area contributed by atoms with Crippen LogP contribution in [0.3, 0.4) is 0 Å². The summed E-state index contributed by atoms with van der Waals surface area (Å²) in [6, 6.07) is 0.292. The number of hydrogen-bond donors (Lipinski definition) is 1. The van der Waals surface area contributed by atoms with E-state index in [1.807, 2.05) is 14.0 Å². The fourth-order valence-corrected chi connectivity index (χ4v) is 4.30. The zero-order valence-corrected chi connectivity index (χ0v) is 13.6. The van der Waals surface area contributed by atoms with Gasteiger partial charge in [-0.3, -0.25) is 15.0 Å². The number of nitrogens with one attached hydrogen (secondary N) is 1. The Hall–Kier alpha value is -1.38. The van der Waals surface area contributed by atoms with Gasteiger partial charge < -0.3 is 0 Å². The predicted molar refractivity (Wildman–Crippen MR) is 83.7 cm³/mol. The van der Waals surface area contributed by atoms with Crippen molar-refractivity contribution in [3.63, 3.8) is 0 Å². The zero-order chi connectivity index (χ0) is 14.8. The van der Waals surface area contributed by atoms with Crippen molar-refractivity contribution in [2.75, 3.05) is 18.9 Å². The number of thiazole rings is 1. The molecule has 0 bridgehead atoms. The summed E-state index contributed by atoms with van der Waals surface area (Å²) in [4.78, 5) is 20.1. The first-order valence-corrected chi connectivity index (χ1v) is 8.55. The summed E-state index contributed by atoms with van der Waals surface area (Å²) in [5, 5.41) is 12.0. The lowest BCUT2D eigenvalue weighted by Crippen LogP contribution is -2.34. The van der Waals surface area contributed by atoms with Gasteiger partial charge in [-0.2, -0.15) is 0 Å². The SMILES string of the molecule is Cc1nc2c(s1)[C@H](N(C)CC(=O)Nc1nncs1)CCC2. The van der Waals surface area contributed by atoms with Crippen molar-refractivity contribution in [3.05, 3.63) is 21.1 Å². The largest absolute Gasteiger partial charge is 0.299 e. The molecular weight excluding hydrogens is 306 g/mol. The molecule has 3 rings (SSSR count). The number of aromatic nitrogens is 3. The number of rotatable bonds is 4. The lowest BCUT2D eigenvalue weighted by atomic mass is 9.97. The molecule has 1 aliphatic rings. The van der Waals surface area contributed by atoms with Gasteiger partial charge in [-0.05, 0) is 33.2 Å². The van der Waals surface area contributed by atoms with Gasteiger partial charge in [-0.15, -0.1) is 21.5 Å². The van der Waals surface area contributed by atoms with Gasteiger partial charge in [0, 0.05) is 10.9 Å². The zero-order valence-electron chi connectivity index (χ0n) is 12.0. The number of fused-ring (bicyclic) bond motifs is 1. The predicted octanol–water partition coefficient (Wildman–Crippen LogP) is 2.25. The van der Waals surface area contributed by atoms with Gasteiger partial charge in [-0.1, -0.05) is 11.3 Å². The van der Waals surface area contributed by atoms with Crippen LogP contribution in [0.4, 0.5) is 5.13 Å². The third-order valence-electron chi connectivity index (χ3n) is 3.56. The highest BCUT2D eigenvalue weighted by atomic mass is 32.1. The van der Waals surface area contributed by atoms with Crippen LogP contribution in [0.2, 0.25) is 0 Å². The van der Waals surface area contributed by atoms with Crippen molar-refractivity contribution in [1.82, 2.24) is 20.1 Å². The van der Waals surface area contributed by atoms with Gasteiger partial charge in [0.1, 0.15) is 5.51 Å². The van der Waals surface area contributed by atoms with Gasteiger partial charge in [-0.25, -0.2) is 4.98 Å². The van der Waals surface area contributed by atoms with Crippen molar-refractivity contribution in [1.29, 1.82) is 0 Å². The number of nitrogens with zero attached hydrogens (tertiary/aromatic N) is 4. The molecule has 8 heteroatoms. The van der Waals surface area contributed by atoms with Crippen molar-refractivity contribution < 1.29 is 4.79 Å². The van der Waals surface area contributed by atoms with Gasteiger partial charge in [0.15, 0.2) is 0 Å². The van der Waals surface area contributed by atoms with Crippen LogP contribution >= 0.6 is 22.7 Å². The number of carbonyl (C=O) groups excluding carboxylic acids is 1.